The van der Waals surface area contributed by atoms with Gasteiger partial charge in [-0.15, -0.1) is 0 Å². The predicted octanol–water partition coefficient (Wildman–Crippen LogP) is 3.14. The third-order valence-electron chi connectivity index (χ3n) is 5.11. The highest BCUT2D eigenvalue weighted by atomic mass is 35.5. The second kappa shape index (κ2) is 8.25. The molecular weight excluding hydrogens is 375 g/mol. The quantitative estimate of drug-likeness (QED) is 0.776. The minimum absolute atomic E-state index is 0.0260. The maximum atomic E-state index is 13.2. The Labute approximate surface area is 162 Å². The first-order chi connectivity index (χ1) is 12.8. The van der Waals surface area contributed by atoms with Gasteiger partial charge >= 0.3 is 5.97 Å². The Bertz CT molecular complexity index is 751. The zero-order valence-corrected chi connectivity index (χ0v) is 15.8. The summed E-state index contributed by atoms with van der Waals surface area (Å²) in [4.78, 5) is 38.5. The summed E-state index contributed by atoms with van der Waals surface area (Å²) in [6.07, 6.45) is 3.25. The molecule has 0 aromatic heterocycles. The normalized spacial score (nSPS) is 21.4. The highest BCUT2D eigenvalue weighted by Crippen LogP contribution is 2.30. The number of rotatable bonds is 5. The number of nitrogens with zero attached hydrogens (tertiary/aromatic N) is 1. The molecule has 0 unspecified atom stereocenters. The van der Waals surface area contributed by atoms with Gasteiger partial charge in [-0.2, -0.15) is 0 Å². The highest BCUT2D eigenvalue weighted by Gasteiger charge is 2.40. The van der Waals surface area contributed by atoms with Crippen molar-refractivity contribution >= 4 is 35.1 Å². The minimum Gasteiger partial charge on any atom is -0.452 e. The number of carbonyl (C=O) groups excluding carboxylic acids is 3. The van der Waals surface area contributed by atoms with Crippen LogP contribution in [-0.2, 0) is 19.1 Å². The molecule has 146 valence electrons. The lowest BCUT2D eigenvalue weighted by Gasteiger charge is -2.24. The summed E-state index contributed by atoms with van der Waals surface area (Å²) in [5.74, 6) is -2.27. The van der Waals surface area contributed by atoms with E-state index in [0.717, 1.165) is 31.7 Å². The van der Waals surface area contributed by atoms with Gasteiger partial charge < -0.3 is 15.0 Å². The van der Waals surface area contributed by atoms with E-state index in [9.17, 15) is 18.8 Å². The van der Waals surface area contributed by atoms with Crippen LogP contribution in [0.5, 0.6) is 0 Å². The molecule has 2 fully saturated rings. The minimum atomic E-state index is -1.04. The molecule has 3 rings (SSSR count). The number of hydrogen-bond donors (Lipinski definition) is 1. The smallest absolute Gasteiger partial charge is 0.312 e. The summed E-state index contributed by atoms with van der Waals surface area (Å²) in [5.41, 5.74) is 0.303. The summed E-state index contributed by atoms with van der Waals surface area (Å²) in [6, 6.07) is 4.00. The molecule has 1 heterocycles. The molecule has 2 aliphatic rings. The first-order valence-electron chi connectivity index (χ1n) is 9.11. The number of benzene rings is 1. The monoisotopic (exact) mass is 396 g/mol. The van der Waals surface area contributed by atoms with Gasteiger partial charge in [-0.25, -0.2) is 4.39 Å². The SMILES string of the molecule is C[C@H](OC(=O)[C@H]1CC(=O)N(C2CCCC2)C1)C(=O)Nc1ccc(F)c(Cl)c1. The molecule has 27 heavy (non-hydrogen) atoms. The van der Waals surface area contributed by atoms with E-state index in [-0.39, 0.29) is 23.4 Å². The summed E-state index contributed by atoms with van der Waals surface area (Å²) < 4.78 is 18.4. The number of ether oxygens (including phenoxy) is 1. The van der Waals surface area contributed by atoms with Gasteiger partial charge in [-0.05, 0) is 38.0 Å². The molecule has 0 spiro atoms. The Hall–Kier alpha value is -2.15. The van der Waals surface area contributed by atoms with Crippen LogP contribution in [0.3, 0.4) is 0 Å². The maximum absolute atomic E-state index is 13.2. The van der Waals surface area contributed by atoms with Crippen molar-refractivity contribution in [3.05, 3.63) is 29.0 Å². The van der Waals surface area contributed by atoms with E-state index in [1.165, 1.54) is 19.1 Å². The Kier molecular flexibility index (Phi) is 5.99. The molecule has 1 aliphatic carbocycles. The van der Waals surface area contributed by atoms with E-state index in [2.05, 4.69) is 5.32 Å². The molecule has 2 atom stereocenters. The average molecular weight is 397 g/mol. The van der Waals surface area contributed by atoms with Crippen molar-refractivity contribution in [3.8, 4) is 0 Å². The molecule has 1 N–H and O–H groups in total. The van der Waals surface area contributed by atoms with Gasteiger partial charge in [0.2, 0.25) is 5.91 Å². The molecule has 1 aliphatic heterocycles. The van der Waals surface area contributed by atoms with Crippen molar-refractivity contribution in [2.24, 2.45) is 5.92 Å². The predicted molar refractivity (Wildman–Crippen MR) is 97.7 cm³/mol. The zero-order valence-electron chi connectivity index (χ0n) is 15.0. The number of halogens is 2. The molecule has 1 aromatic rings. The molecular formula is C19H22ClFN2O4. The number of likely N-dealkylation sites (tertiary alicyclic amines) is 1. The van der Waals surface area contributed by atoms with Crippen LogP contribution in [0.1, 0.15) is 39.0 Å². The largest absolute Gasteiger partial charge is 0.452 e. The van der Waals surface area contributed by atoms with E-state index < -0.39 is 29.7 Å². The van der Waals surface area contributed by atoms with Crippen LogP contribution in [-0.4, -0.2) is 41.4 Å². The van der Waals surface area contributed by atoms with Gasteiger partial charge in [0, 0.05) is 24.7 Å². The molecule has 1 saturated carbocycles. The maximum Gasteiger partial charge on any atom is 0.312 e. The molecule has 6 nitrogen and oxygen atoms in total. The Morgan fingerprint density at radius 1 is 1.33 bits per heavy atom. The van der Waals surface area contributed by atoms with E-state index in [4.69, 9.17) is 16.3 Å². The fraction of sp³-hybridized carbons (Fsp3) is 0.526. The lowest BCUT2D eigenvalue weighted by atomic mass is 10.1. The number of hydrogen-bond acceptors (Lipinski definition) is 4. The number of nitrogens with one attached hydrogen (secondary N) is 1. The van der Waals surface area contributed by atoms with E-state index in [1.807, 2.05) is 0 Å². The van der Waals surface area contributed by atoms with Crippen LogP contribution in [0, 0.1) is 11.7 Å². The van der Waals surface area contributed by atoms with Crippen molar-refractivity contribution in [3.63, 3.8) is 0 Å². The van der Waals surface area contributed by atoms with Crippen LogP contribution in [0.2, 0.25) is 5.02 Å². The highest BCUT2D eigenvalue weighted by molar-refractivity contribution is 6.31. The lowest BCUT2D eigenvalue weighted by Crippen LogP contribution is -2.36. The summed E-state index contributed by atoms with van der Waals surface area (Å²) in [5, 5.41) is 2.41. The van der Waals surface area contributed by atoms with Crippen molar-refractivity contribution in [1.82, 2.24) is 4.90 Å². The second-order valence-corrected chi connectivity index (χ2v) is 7.49. The summed E-state index contributed by atoms with van der Waals surface area (Å²) >= 11 is 5.68. The van der Waals surface area contributed by atoms with Crippen molar-refractivity contribution in [1.29, 1.82) is 0 Å². The van der Waals surface area contributed by atoms with Crippen molar-refractivity contribution in [2.75, 3.05) is 11.9 Å². The lowest BCUT2D eigenvalue weighted by molar-refractivity contribution is -0.157. The van der Waals surface area contributed by atoms with E-state index in [0.29, 0.717) is 12.2 Å². The van der Waals surface area contributed by atoms with Crippen LogP contribution in [0.25, 0.3) is 0 Å². The Morgan fingerprint density at radius 2 is 2.04 bits per heavy atom. The zero-order chi connectivity index (χ0) is 19.6. The van der Waals surface area contributed by atoms with Crippen LogP contribution < -0.4 is 5.32 Å². The van der Waals surface area contributed by atoms with Gasteiger partial charge in [0.05, 0.1) is 10.9 Å². The summed E-state index contributed by atoms with van der Waals surface area (Å²) in [6.45, 7) is 1.80. The van der Waals surface area contributed by atoms with Gasteiger partial charge in [0.25, 0.3) is 5.91 Å². The van der Waals surface area contributed by atoms with Crippen LogP contribution in [0.15, 0.2) is 18.2 Å². The number of anilines is 1. The van der Waals surface area contributed by atoms with Crippen molar-refractivity contribution < 1.29 is 23.5 Å². The van der Waals surface area contributed by atoms with Gasteiger partial charge in [-0.3, -0.25) is 14.4 Å². The molecule has 1 saturated heterocycles. The number of amides is 2. The third kappa shape index (κ3) is 4.58. The standard InChI is InChI=1S/C19H22ClFN2O4/c1-11(18(25)22-13-6-7-16(21)15(20)9-13)27-19(26)12-8-17(24)23(10-12)14-4-2-3-5-14/h6-7,9,11-12,14H,2-5,8,10H2,1H3,(H,22,25)/t11-,12-/m0/s1. The fourth-order valence-electron chi connectivity index (χ4n) is 3.60. The number of carbonyl (C=O) groups is 3. The number of esters is 1. The molecule has 0 bridgehead atoms. The average Bonchev–Trinajstić information content (AvgIpc) is 3.27. The first kappa shape index (κ1) is 19.6. The van der Waals surface area contributed by atoms with Crippen molar-refractivity contribution in [2.45, 2.75) is 51.2 Å². The third-order valence-corrected chi connectivity index (χ3v) is 5.40. The second-order valence-electron chi connectivity index (χ2n) is 7.08. The first-order valence-corrected chi connectivity index (χ1v) is 9.49. The Morgan fingerprint density at radius 3 is 2.70 bits per heavy atom. The van der Waals surface area contributed by atoms with E-state index >= 15 is 0 Å². The van der Waals surface area contributed by atoms with E-state index in [1.54, 1.807) is 4.90 Å². The Balaban J connectivity index is 1.53. The van der Waals surface area contributed by atoms with Crippen LogP contribution >= 0.6 is 11.6 Å². The van der Waals surface area contributed by atoms with Crippen LogP contribution in [0.4, 0.5) is 10.1 Å². The topological polar surface area (TPSA) is 75.7 Å². The molecule has 8 heteroatoms. The molecule has 2 amide bonds. The summed E-state index contributed by atoms with van der Waals surface area (Å²) in [7, 11) is 0. The fourth-order valence-corrected chi connectivity index (χ4v) is 3.78. The van der Waals surface area contributed by atoms with Gasteiger partial charge in [-0.1, -0.05) is 24.4 Å². The van der Waals surface area contributed by atoms with Gasteiger partial charge in [0.15, 0.2) is 6.10 Å². The molecule has 1 aromatic carbocycles. The molecule has 0 radical (unpaired) electrons. The van der Waals surface area contributed by atoms with Gasteiger partial charge in [0.1, 0.15) is 5.82 Å².